The van der Waals surface area contributed by atoms with Crippen LogP contribution in [0, 0.1) is 12.1 Å². The fourth-order valence-corrected chi connectivity index (χ4v) is 8.55. The van der Waals surface area contributed by atoms with E-state index in [0.717, 1.165) is 22.5 Å². The number of pyridine rings is 2. The van der Waals surface area contributed by atoms with Crippen LogP contribution in [0.1, 0.15) is 0 Å². The van der Waals surface area contributed by atoms with E-state index in [0.29, 0.717) is 0 Å². The van der Waals surface area contributed by atoms with Crippen molar-refractivity contribution in [3.05, 3.63) is 176 Å². The zero-order valence-corrected chi connectivity index (χ0v) is 30.4. The largest absolute Gasteiger partial charge is 0.350 e. The van der Waals surface area contributed by atoms with E-state index in [1.807, 2.05) is 72.1 Å². The average Bonchev–Trinajstić information content (AvgIpc) is 3.86. The Kier molecular flexibility index (Phi) is 7.90. The number of thiophene rings is 1. The van der Waals surface area contributed by atoms with E-state index in [-0.39, 0.29) is 20.1 Å². The van der Waals surface area contributed by atoms with Crippen LogP contribution in [0.2, 0.25) is 0 Å². The van der Waals surface area contributed by atoms with E-state index in [4.69, 9.17) is 0 Å². The molecule has 3 nitrogen and oxygen atoms in total. The Morgan fingerprint density at radius 1 is 0.510 bits per heavy atom. The van der Waals surface area contributed by atoms with Gasteiger partial charge in [-0.15, -0.1) is 71.0 Å². The topological polar surface area (TPSA) is 30.2 Å². The minimum absolute atomic E-state index is 0. The monoisotopic (exact) mass is 846 g/mol. The average molecular weight is 846 g/mol. The Bertz CT molecular complexity index is 2920. The molecule has 243 valence electrons. The Labute approximate surface area is 312 Å². The number of hydrogen-bond donors (Lipinski definition) is 0. The van der Waals surface area contributed by atoms with Gasteiger partial charge in [-0.2, -0.15) is 0 Å². The fourth-order valence-electron chi connectivity index (χ4n) is 7.29. The Morgan fingerprint density at radius 3 is 2.00 bits per heavy atom. The van der Waals surface area contributed by atoms with Crippen LogP contribution in [-0.2, 0) is 20.1 Å². The van der Waals surface area contributed by atoms with Crippen molar-refractivity contribution in [1.82, 2.24) is 14.4 Å². The molecule has 0 atom stereocenters. The number of nitrogens with zero attached hydrogens (tertiary/aromatic N) is 3. The van der Waals surface area contributed by atoms with Gasteiger partial charge in [0.25, 0.3) is 0 Å². The van der Waals surface area contributed by atoms with E-state index in [9.17, 15) is 0 Å². The number of fused-ring (bicyclic) bond motifs is 10. The summed E-state index contributed by atoms with van der Waals surface area (Å²) in [7, 11) is 0. The van der Waals surface area contributed by atoms with Crippen molar-refractivity contribution in [2.24, 2.45) is 0 Å². The maximum atomic E-state index is 4.59. The fraction of sp³-hybridized carbons (Fsp3) is 0. The molecule has 0 aliphatic carbocycles. The summed E-state index contributed by atoms with van der Waals surface area (Å²) >= 11 is 1.90. The third-order valence-corrected chi connectivity index (χ3v) is 10.7. The summed E-state index contributed by atoms with van der Waals surface area (Å²) in [5, 5.41) is 7.83. The van der Waals surface area contributed by atoms with Gasteiger partial charge in [-0.05, 0) is 69.8 Å². The summed E-state index contributed by atoms with van der Waals surface area (Å²) in [6, 6.07) is 59.7. The normalized spacial score (nSPS) is 11.4. The molecular formula is C46H27IrN3S-2. The molecule has 0 aliphatic heterocycles. The van der Waals surface area contributed by atoms with Crippen LogP contribution in [0.5, 0.6) is 0 Å². The number of hydrogen-bond acceptors (Lipinski definition) is 3. The molecule has 0 bridgehead atoms. The molecule has 11 aromatic rings. The smallest absolute Gasteiger partial charge is 0.0517 e. The Hall–Kier alpha value is -5.71. The van der Waals surface area contributed by atoms with Crippen molar-refractivity contribution in [2.75, 3.05) is 0 Å². The molecule has 6 aromatic carbocycles. The molecule has 5 aromatic heterocycles. The zero-order valence-electron chi connectivity index (χ0n) is 27.2. The van der Waals surface area contributed by atoms with Crippen LogP contribution in [0.3, 0.4) is 0 Å². The molecule has 0 aliphatic rings. The van der Waals surface area contributed by atoms with Gasteiger partial charge in [-0.3, -0.25) is 0 Å². The van der Waals surface area contributed by atoms with E-state index in [1.54, 1.807) is 6.20 Å². The first-order valence-corrected chi connectivity index (χ1v) is 17.5. The number of benzene rings is 6. The third kappa shape index (κ3) is 5.21. The molecule has 51 heavy (non-hydrogen) atoms. The van der Waals surface area contributed by atoms with Gasteiger partial charge < -0.3 is 14.4 Å². The van der Waals surface area contributed by atoms with Crippen LogP contribution in [0.25, 0.3) is 91.9 Å². The first-order valence-electron chi connectivity index (χ1n) is 16.7. The van der Waals surface area contributed by atoms with E-state index >= 15 is 0 Å². The number of rotatable bonds is 3. The van der Waals surface area contributed by atoms with Gasteiger partial charge in [0.05, 0.1) is 5.52 Å². The van der Waals surface area contributed by atoms with Gasteiger partial charge in [-0.1, -0.05) is 84.2 Å². The second kappa shape index (κ2) is 12.9. The summed E-state index contributed by atoms with van der Waals surface area (Å²) in [6.45, 7) is 0. The molecule has 5 heteroatoms. The van der Waals surface area contributed by atoms with E-state index in [2.05, 4.69) is 124 Å². The number of aromatic nitrogens is 3. The summed E-state index contributed by atoms with van der Waals surface area (Å²) in [6.07, 6.45) is 3.63. The molecule has 1 radical (unpaired) electrons. The van der Waals surface area contributed by atoms with Gasteiger partial charge in [0.1, 0.15) is 0 Å². The van der Waals surface area contributed by atoms with Crippen LogP contribution < -0.4 is 0 Å². The molecule has 0 N–H and O–H groups in total. The second-order valence-electron chi connectivity index (χ2n) is 12.4. The minimum Gasteiger partial charge on any atom is -0.350 e. The first-order chi connectivity index (χ1) is 24.8. The van der Waals surface area contributed by atoms with Gasteiger partial charge in [-0.25, -0.2) is 0 Å². The van der Waals surface area contributed by atoms with Crippen LogP contribution in [-0.4, -0.2) is 14.4 Å². The maximum absolute atomic E-state index is 4.59. The van der Waals surface area contributed by atoms with Crippen LogP contribution >= 0.6 is 11.3 Å². The third-order valence-electron chi connectivity index (χ3n) is 9.53. The molecule has 0 spiro atoms. The van der Waals surface area contributed by atoms with Crippen molar-refractivity contribution < 1.29 is 20.1 Å². The summed E-state index contributed by atoms with van der Waals surface area (Å²) in [5.74, 6) is 0. The van der Waals surface area contributed by atoms with Gasteiger partial charge in [0, 0.05) is 69.0 Å². The zero-order chi connectivity index (χ0) is 33.0. The van der Waals surface area contributed by atoms with Gasteiger partial charge in [0.15, 0.2) is 0 Å². The molecule has 0 saturated carbocycles. The van der Waals surface area contributed by atoms with Crippen molar-refractivity contribution in [3.63, 3.8) is 0 Å². The quantitative estimate of drug-likeness (QED) is 0.166. The second-order valence-corrected chi connectivity index (χ2v) is 13.5. The minimum atomic E-state index is 0. The van der Waals surface area contributed by atoms with Crippen molar-refractivity contribution in [2.45, 2.75) is 0 Å². The Morgan fingerprint density at radius 2 is 1.24 bits per heavy atom. The van der Waals surface area contributed by atoms with Crippen LogP contribution in [0.4, 0.5) is 0 Å². The molecule has 0 saturated heterocycles. The molecule has 5 heterocycles. The molecule has 0 unspecified atom stereocenters. The SMILES string of the molecule is [Ir].[c-]1cc2c(cc1-c1ccccn1)c1cc(-c3ccccc3)cc3c4c5sc6ccccc6c5ccc4n2c13.[c-]1ccccc1-c1ccccn1. The summed E-state index contributed by atoms with van der Waals surface area (Å²) < 4.78 is 5.15. The van der Waals surface area contributed by atoms with Gasteiger partial charge in [0.2, 0.25) is 0 Å². The predicted octanol–water partition coefficient (Wildman–Crippen LogP) is 12.3. The molecule has 0 fully saturated rings. The van der Waals surface area contributed by atoms with Crippen molar-refractivity contribution in [3.8, 4) is 33.6 Å². The Balaban J connectivity index is 0.000000228. The molecule has 0 amide bonds. The predicted molar refractivity (Wildman–Crippen MR) is 210 cm³/mol. The summed E-state index contributed by atoms with van der Waals surface area (Å²) in [5.41, 5.74) is 10.2. The van der Waals surface area contributed by atoms with E-state index < -0.39 is 0 Å². The maximum Gasteiger partial charge on any atom is 0.0517 e. The molecule has 11 rings (SSSR count). The first kappa shape index (κ1) is 31.3. The standard InChI is InChI=1S/C35H19N2S.C11H8N.Ir/c1-2-8-21(9-3-1)23-19-27-26-18-22(29-11-6-7-17-36-29)13-15-30(26)37-31-16-14-25-24-10-4-5-12-32(24)38-35(25)33(31)28(20-23)34(27)37;1-2-6-10(7-3-1)11-8-4-5-9-12-11;/h1-12,14-20H;1-6,8-9H;/q2*-1;. The van der Waals surface area contributed by atoms with Gasteiger partial charge >= 0.3 is 0 Å². The van der Waals surface area contributed by atoms with E-state index in [1.165, 1.54) is 69.4 Å². The summed E-state index contributed by atoms with van der Waals surface area (Å²) in [4.78, 5) is 8.81. The van der Waals surface area contributed by atoms with Crippen molar-refractivity contribution in [1.29, 1.82) is 0 Å². The molecular weight excluding hydrogens is 819 g/mol. The van der Waals surface area contributed by atoms with Crippen molar-refractivity contribution >= 4 is 69.6 Å². The van der Waals surface area contributed by atoms with Crippen LogP contribution in [0.15, 0.2) is 164 Å².